The fourth-order valence-corrected chi connectivity index (χ4v) is 3.16. The van der Waals surface area contributed by atoms with E-state index < -0.39 is 0 Å². The van der Waals surface area contributed by atoms with Crippen molar-refractivity contribution in [3.63, 3.8) is 0 Å². The standard InChI is InChI=1S/C16H14FN3OS/c1-10-5-4-8-14(18-10)19-16-20-15(21)13(22-16)9-11-6-2-3-7-12(11)17/h2-8,13H,9H2,1H3,(H,18,19,20,21). The van der Waals surface area contributed by atoms with Crippen molar-refractivity contribution in [3.05, 3.63) is 59.5 Å². The summed E-state index contributed by atoms with van der Waals surface area (Å²) < 4.78 is 13.7. The number of halogens is 1. The summed E-state index contributed by atoms with van der Waals surface area (Å²) >= 11 is 1.31. The third kappa shape index (κ3) is 3.33. The topological polar surface area (TPSA) is 54.4 Å². The molecule has 2 heterocycles. The van der Waals surface area contributed by atoms with Crippen LogP contribution < -0.4 is 5.32 Å². The number of rotatable bonds is 3. The lowest BCUT2D eigenvalue weighted by atomic mass is 10.1. The van der Waals surface area contributed by atoms with Crippen molar-refractivity contribution in [2.24, 2.45) is 4.99 Å². The fourth-order valence-electron chi connectivity index (χ4n) is 2.15. The molecule has 0 spiro atoms. The molecule has 1 amide bonds. The minimum absolute atomic E-state index is 0.153. The molecular weight excluding hydrogens is 301 g/mol. The van der Waals surface area contributed by atoms with E-state index in [0.29, 0.717) is 23.0 Å². The van der Waals surface area contributed by atoms with Crippen molar-refractivity contribution in [1.82, 2.24) is 10.3 Å². The molecule has 1 N–H and O–H groups in total. The van der Waals surface area contributed by atoms with Gasteiger partial charge in [0, 0.05) is 5.69 Å². The first-order valence-corrected chi connectivity index (χ1v) is 7.73. The van der Waals surface area contributed by atoms with Crippen LogP contribution in [0.2, 0.25) is 0 Å². The van der Waals surface area contributed by atoms with Crippen molar-refractivity contribution in [3.8, 4) is 0 Å². The van der Waals surface area contributed by atoms with Crippen LogP contribution >= 0.6 is 11.8 Å². The lowest BCUT2D eigenvalue weighted by molar-refractivity contribution is -0.118. The molecule has 1 saturated heterocycles. The van der Waals surface area contributed by atoms with Crippen LogP contribution in [0.15, 0.2) is 47.5 Å². The van der Waals surface area contributed by atoms with Crippen molar-refractivity contribution in [1.29, 1.82) is 0 Å². The van der Waals surface area contributed by atoms with Crippen molar-refractivity contribution in [2.45, 2.75) is 18.6 Å². The van der Waals surface area contributed by atoms with E-state index in [9.17, 15) is 9.18 Å². The number of amidine groups is 1. The van der Waals surface area contributed by atoms with E-state index in [1.165, 1.54) is 17.8 Å². The Labute approximate surface area is 131 Å². The van der Waals surface area contributed by atoms with E-state index in [1.807, 2.05) is 19.1 Å². The molecule has 1 aromatic heterocycles. The number of nitrogens with zero attached hydrogens (tertiary/aromatic N) is 2. The third-order valence-corrected chi connectivity index (χ3v) is 4.31. The average molecular weight is 315 g/mol. The van der Waals surface area contributed by atoms with Crippen LogP contribution in [-0.2, 0) is 11.2 Å². The molecule has 1 atom stereocenters. The summed E-state index contributed by atoms with van der Waals surface area (Å²) in [5.41, 5.74) is 1.39. The normalized spacial score (nSPS) is 19.5. The van der Waals surface area contributed by atoms with Gasteiger partial charge in [-0.3, -0.25) is 4.79 Å². The van der Waals surface area contributed by atoms with Gasteiger partial charge in [0.1, 0.15) is 5.82 Å². The van der Waals surface area contributed by atoms with Crippen molar-refractivity contribution in [2.75, 3.05) is 0 Å². The van der Waals surface area contributed by atoms with Gasteiger partial charge in [0.15, 0.2) is 11.0 Å². The Bertz CT molecular complexity index is 748. The highest BCUT2D eigenvalue weighted by Crippen LogP contribution is 2.25. The number of aromatic nitrogens is 1. The molecule has 0 saturated carbocycles. The highest BCUT2D eigenvalue weighted by atomic mass is 32.2. The highest BCUT2D eigenvalue weighted by molar-refractivity contribution is 8.15. The Kier molecular flexibility index (Phi) is 4.20. The minimum atomic E-state index is -0.375. The van der Waals surface area contributed by atoms with E-state index in [4.69, 9.17) is 0 Å². The summed E-state index contributed by atoms with van der Waals surface area (Å²) in [5.74, 6) is 0.107. The maximum Gasteiger partial charge on any atom is 0.239 e. The number of nitrogens with one attached hydrogen (secondary N) is 1. The first-order valence-electron chi connectivity index (χ1n) is 6.85. The van der Waals surface area contributed by atoms with Crippen LogP contribution in [-0.4, -0.2) is 21.3 Å². The third-order valence-electron chi connectivity index (χ3n) is 3.23. The number of benzene rings is 1. The first-order chi connectivity index (χ1) is 10.6. The molecule has 0 radical (unpaired) electrons. The number of thioether (sulfide) groups is 1. The Morgan fingerprint density at radius 1 is 1.27 bits per heavy atom. The van der Waals surface area contributed by atoms with Gasteiger partial charge in [-0.1, -0.05) is 36.0 Å². The van der Waals surface area contributed by atoms with Crippen LogP contribution in [0.3, 0.4) is 0 Å². The zero-order chi connectivity index (χ0) is 15.5. The van der Waals surface area contributed by atoms with Gasteiger partial charge in [0.25, 0.3) is 0 Å². The molecule has 4 nitrogen and oxygen atoms in total. The van der Waals surface area contributed by atoms with E-state index in [1.54, 1.807) is 24.3 Å². The van der Waals surface area contributed by atoms with Crippen LogP contribution in [0.1, 0.15) is 11.3 Å². The number of carbonyl (C=O) groups excluding carboxylic acids is 1. The van der Waals surface area contributed by atoms with Gasteiger partial charge >= 0.3 is 0 Å². The number of hydrogen-bond acceptors (Lipinski definition) is 4. The number of amides is 1. The average Bonchev–Trinajstić information content (AvgIpc) is 2.81. The van der Waals surface area contributed by atoms with E-state index in [-0.39, 0.29) is 17.0 Å². The Balaban J connectivity index is 1.75. The summed E-state index contributed by atoms with van der Waals surface area (Å²) in [6.45, 7) is 1.88. The monoisotopic (exact) mass is 315 g/mol. The number of hydrogen-bond donors (Lipinski definition) is 1. The molecule has 1 fully saturated rings. The van der Waals surface area contributed by atoms with Crippen molar-refractivity contribution >= 4 is 28.7 Å². The Morgan fingerprint density at radius 3 is 2.86 bits per heavy atom. The molecular formula is C16H14FN3OS. The number of aryl methyl sites for hydroxylation is 1. The van der Waals surface area contributed by atoms with Gasteiger partial charge in [-0.15, -0.1) is 0 Å². The van der Waals surface area contributed by atoms with E-state index in [0.717, 1.165) is 5.69 Å². The van der Waals surface area contributed by atoms with E-state index >= 15 is 0 Å². The number of aliphatic imine (C=N–C) groups is 1. The van der Waals surface area contributed by atoms with Crippen LogP contribution in [0.25, 0.3) is 0 Å². The zero-order valence-electron chi connectivity index (χ0n) is 11.9. The quantitative estimate of drug-likeness (QED) is 0.947. The van der Waals surface area contributed by atoms with Crippen LogP contribution in [0, 0.1) is 12.7 Å². The lowest BCUT2D eigenvalue weighted by Gasteiger charge is -2.06. The summed E-state index contributed by atoms with van der Waals surface area (Å²) in [6.07, 6.45) is 0.337. The van der Waals surface area contributed by atoms with Gasteiger partial charge < -0.3 is 5.32 Å². The summed E-state index contributed by atoms with van der Waals surface area (Å²) in [7, 11) is 0. The molecule has 2 aromatic rings. The maximum atomic E-state index is 13.7. The largest absolute Gasteiger partial charge is 0.304 e. The summed E-state index contributed by atoms with van der Waals surface area (Å²) in [4.78, 5) is 20.6. The summed E-state index contributed by atoms with van der Waals surface area (Å²) in [6, 6.07) is 12.0. The molecule has 6 heteroatoms. The SMILES string of the molecule is Cc1cccc(/N=C2/NC(=O)C(Cc3ccccc3F)S2)n1. The fraction of sp³-hybridized carbons (Fsp3) is 0.188. The van der Waals surface area contributed by atoms with Gasteiger partial charge in [0.05, 0.1) is 5.25 Å². The molecule has 22 heavy (non-hydrogen) atoms. The van der Waals surface area contributed by atoms with Crippen LogP contribution in [0.5, 0.6) is 0 Å². The van der Waals surface area contributed by atoms with Crippen molar-refractivity contribution < 1.29 is 9.18 Å². The second-order valence-electron chi connectivity index (χ2n) is 4.95. The lowest BCUT2D eigenvalue weighted by Crippen LogP contribution is -2.26. The Morgan fingerprint density at radius 2 is 2.09 bits per heavy atom. The minimum Gasteiger partial charge on any atom is -0.304 e. The predicted molar refractivity (Wildman–Crippen MR) is 85.7 cm³/mol. The van der Waals surface area contributed by atoms with Crippen LogP contribution in [0.4, 0.5) is 10.2 Å². The zero-order valence-corrected chi connectivity index (χ0v) is 12.7. The molecule has 1 unspecified atom stereocenters. The smallest absolute Gasteiger partial charge is 0.239 e. The number of carbonyl (C=O) groups is 1. The summed E-state index contributed by atoms with van der Waals surface area (Å²) in [5, 5.41) is 2.85. The molecule has 1 aromatic carbocycles. The Hall–Kier alpha value is -2.21. The second kappa shape index (κ2) is 6.27. The predicted octanol–water partition coefficient (Wildman–Crippen LogP) is 2.99. The highest BCUT2D eigenvalue weighted by Gasteiger charge is 2.31. The van der Waals surface area contributed by atoms with E-state index in [2.05, 4.69) is 15.3 Å². The molecule has 112 valence electrons. The number of pyridine rings is 1. The molecule has 0 bridgehead atoms. The van der Waals surface area contributed by atoms with Gasteiger partial charge in [-0.05, 0) is 37.1 Å². The van der Waals surface area contributed by atoms with Gasteiger partial charge in [-0.2, -0.15) is 0 Å². The molecule has 0 aliphatic carbocycles. The molecule has 1 aliphatic heterocycles. The maximum absolute atomic E-state index is 13.7. The van der Waals surface area contributed by atoms with Gasteiger partial charge in [-0.25, -0.2) is 14.4 Å². The van der Waals surface area contributed by atoms with Gasteiger partial charge in [0.2, 0.25) is 5.91 Å². The first kappa shape index (κ1) is 14.7. The molecule has 3 rings (SSSR count). The second-order valence-corrected chi connectivity index (χ2v) is 6.14. The molecule has 1 aliphatic rings.